The molecule has 1 saturated carbocycles. The number of hydrogen-bond donors (Lipinski definition) is 1. The van der Waals surface area contributed by atoms with Crippen molar-refractivity contribution in [1.82, 2.24) is 5.32 Å². The van der Waals surface area contributed by atoms with E-state index in [-0.39, 0.29) is 0 Å². The van der Waals surface area contributed by atoms with Crippen LogP contribution < -0.4 is 10.1 Å². The molecule has 1 aliphatic rings. The first kappa shape index (κ1) is 11.5. The highest BCUT2D eigenvalue weighted by Crippen LogP contribution is 2.55. The van der Waals surface area contributed by atoms with E-state index in [9.17, 15) is 0 Å². The van der Waals surface area contributed by atoms with E-state index in [2.05, 4.69) is 30.4 Å². The van der Waals surface area contributed by atoms with Gasteiger partial charge >= 0.3 is 0 Å². The molecule has 2 heteroatoms. The fourth-order valence-electron chi connectivity index (χ4n) is 2.37. The first-order chi connectivity index (χ1) is 7.71. The number of nitrogens with one attached hydrogen (secondary N) is 1. The van der Waals surface area contributed by atoms with Gasteiger partial charge in [0.2, 0.25) is 0 Å². The van der Waals surface area contributed by atoms with Crippen molar-refractivity contribution < 1.29 is 4.74 Å². The topological polar surface area (TPSA) is 21.3 Å². The molecule has 2 rings (SSSR count). The minimum atomic E-state index is 0.412. The number of para-hydroxylation sites is 1. The zero-order valence-electron chi connectivity index (χ0n) is 10.4. The second kappa shape index (κ2) is 4.46. The minimum absolute atomic E-state index is 0.412. The minimum Gasteiger partial charge on any atom is -0.494 e. The van der Waals surface area contributed by atoms with Crippen molar-refractivity contribution in [2.45, 2.75) is 32.7 Å². The summed E-state index contributed by atoms with van der Waals surface area (Å²) >= 11 is 0. The Hall–Kier alpha value is -1.02. The van der Waals surface area contributed by atoms with Gasteiger partial charge < -0.3 is 10.1 Å². The van der Waals surface area contributed by atoms with E-state index in [0.29, 0.717) is 11.5 Å². The van der Waals surface area contributed by atoms with Gasteiger partial charge in [-0.1, -0.05) is 25.1 Å². The molecule has 0 heterocycles. The third-order valence-electron chi connectivity index (χ3n) is 3.55. The normalized spacial score (nSPS) is 19.2. The molecule has 0 aromatic heterocycles. The number of hydrogen-bond acceptors (Lipinski definition) is 2. The van der Waals surface area contributed by atoms with Crippen LogP contribution in [0.25, 0.3) is 0 Å². The summed E-state index contributed by atoms with van der Waals surface area (Å²) in [6.07, 6.45) is 2.61. The van der Waals surface area contributed by atoms with Crippen LogP contribution in [0.5, 0.6) is 5.75 Å². The quantitative estimate of drug-likeness (QED) is 0.821. The second-order valence-corrected chi connectivity index (χ2v) is 4.85. The monoisotopic (exact) mass is 219 g/mol. The Balaban J connectivity index is 2.30. The summed E-state index contributed by atoms with van der Waals surface area (Å²) in [5.41, 5.74) is 1.72. The average molecular weight is 219 g/mol. The van der Waals surface area contributed by atoms with E-state index in [4.69, 9.17) is 4.74 Å². The molecular weight excluding hydrogens is 198 g/mol. The molecule has 0 radical (unpaired) electrons. The second-order valence-electron chi connectivity index (χ2n) is 4.85. The molecule has 1 N–H and O–H groups in total. The zero-order chi connectivity index (χ0) is 11.6. The SMILES string of the molecule is CCOc1ccccc1C(NC)C1(C)CC1. The van der Waals surface area contributed by atoms with E-state index in [1.54, 1.807) is 0 Å². The fourth-order valence-corrected chi connectivity index (χ4v) is 2.37. The van der Waals surface area contributed by atoms with Crippen molar-refractivity contribution in [3.8, 4) is 5.75 Å². The van der Waals surface area contributed by atoms with Crippen LogP contribution >= 0.6 is 0 Å². The van der Waals surface area contributed by atoms with Gasteiger partial charge in [-0.15, -0.1) is 0 Å². The van der Waals surface area contributed by atoms with E-state index >= 15 is 0 Å². The Morgan fingerprint density at radius 1 is 1.38 bits per heavy atom. The van der Waals surface area contributed by atoms with Crippen molar-refractivity contribution in [3.63, 3.8) is 0 Å². The number of ether oxygens (including phenoxy) is 1. The molecule has 1 atom stereocenters. The Bertz CT molecular complexity index is 358. The molecular formula is C14H21NO. The third kappa shape index (κ3) is 2.07. The van der Waals surface area contributed by atoms with Crippen LogP contribution in [0.15, 0.2) is 24.3 Å². The summed E-state index contributed by atoms with van der Waals surface area (Å²) < 4.78 is 5.70. The molecule has 2 nitrogen and oxygen atoms in total. The van der Waals surface area contributed by atoms with E-state index in [1.807, 2.05) is 20.0 Å². The summed E-state index contributed by atoms with van der Waals surface area (Å²) in [5.74, 6) is 1.03. The van der Waals surface area contributed by atoms with Crippen molar-refractivity contribution in [3.05, 3.63) is 29.8 Å². The van der Waals surface area contributed by atoms with Crippen molar-refractivity contribution in [2.75, 3.05) is 13.7 Å². The molecule has 0 aliphatic heterocycles. The van der Waals surface area contributed by atoms with Gasteiger partial charge in [0.15, 0.2) is 0 Å². The average Bonchev–Trinajstić information content (AvgIpc) is 3.01. The number of rotatable bonds is 5. The van der Waals surface area contributed by atoms with E-state index in [1.165, 1.54) is 18.4 Å². The summed E-state index contributed by atoms with van der Waals surface area (Å²) in [6.45, 7) is 5.10. The molecule has 88 valence electrons. The van der Waals surface area contributed by atoms with E-state index < -0.39 is 0 Å². The first-order valence-corrected chi connectivity index (χ1v) is 6.10. The van der Waals surface area contributed by atoms with Gasteiger partial charge in [-0.05, 0) is 38.3 Å². The molecule has 1 aliphatic carbocycles. The lowest BCUT2D eigenvalue weighted by molar-refractivity contribution is 0.317. The predicted molar refractivity (Wildman–Crippen MR) is 66.8 cm³/mol. The summed E-state index contributed by atoms with van der Waals surface area (Å²) in [4.78, 5) is 0. The van der Waals surface area contributed by atoms with Gasteiger partial charge in [-0.3, -0.25) is 0 Å². The molecule has 0 amide bonds. The molecule has 16 heavy (non-hydrogen) atoms. The predicted octanol–water partition coefficient (Wildman–Crippen LogP) is 3.15. The summed E-state index contributed by atoms with van der Waals surface area (Å²) in [5, 5.41) is 3.44. The van der Waals surface area contributed by atoms with Crippen LogP contribution in [0.2, 0.25) is 0 Å². The maximum Gasteiger partial charge on any atom is 0.124 e. The Kier molecular flexibility index (Phi) is 3.20. The van der Waals surface area contributed by atoms with Gasteiger partial charge in [-0.2, -0.15) is 0 Å². The van der Waals surface area contributed by atoms with Crippen molar-refractivity contribution in [2.24, 2.45) is 5.41 Å². The van der Waals surface area contributed by atoms with Gasteiger partial charge in [0, 0.05) is 11.6 Å². The highest BCUT2D eigenvalue weighted by molar-refractivity contribution is 5.38. The molecule has 0 bridgehead atoms. The molecule has 0 saturated heterocycles. The summed E-state index contributed by atoms with van der Waals surface area (Å²) in [6, 6.07) is 8.78. The first-order valence-electron chi connectivity index (χ1n) is 6.10. The molecule has 0 spiro atoms. The maximum absolute atomic E-state index is 5.70. The lowest BCUT2D eigenvalue weighted by Crippen LogP contribution is -2.25. The van der Waals surface area contributed by atoms with Gasteiger partial charge in [-0.25, -0.2) is 0 Å². The number of benzene rings is 1. The van der Waals surface area contributed by atoms with Crippen molar-refractivity contribution in [1.29, 1.82) is 0 Å². The Labute approximate surface area is 98.0 Å². The highest BCUT2D eigenvalue weighted by atomic mass is 16.5. The van der Waals surface area contributed by atoms with Crippen LogP contribution in [0.1, 0.15) is 38.3 Å². The van der Waals surface area contributed by atoms with Gasteiger partial charge in [0.05, 0.1) is 6.61 Å². The third-order valence-corrected chi connectivity index (χ3v) is 3.55. The van der Waals surface area contributed by atoms with E-state index in [0.717, 1.165) is 12.4 Å². The van der Waals surface area contributed by atoms with Crippen LogP contribution in [-0.4, -0.2) is 13.7 Å². The van der Waals surface area contributed by atoms with Crippen LogP contribution in [0, 0.1) is 5.41 Å². The van der Waals surface area contributed by atoms with Crippen LogP contribution in [0.4, 0.5) is 0 Å². The summed E-state index contributed by atoms with van der Waals surface area (Å²) in [7, 11) is 2.04. The molecule has 1 unspecified atom stereocenters. The lowest BCUT2D eigenvalue weighted by Gasteiger charge is -2.25. The van der Waals surface area contributed by atoms with Crippen LogP contribution in [-0.2, 0) is 0 Å². The molecule has 1 aromatic carbocycles. The fraction of sp³-hybridized carbons (Fsp3) is 0.571. The largest absolute Gasteiger partial charge is 0.494 e. The standard InChI is InChI=1S/C14H21NO/c1-4-16-12-8-6-5-7-11(12)13(15-3)14(2)9-10-14/h5-8,13,15H,4,9-10H2,1-3H3. The Morgan fingerprint density at radius 2 is 2.06 bits per heavy atom. The Morgan fingerprint density at radius 3 is 2.62 bits per heavy atom. The lowest BCUT2D eigenvalue weighted by atomic mass is 9.91. The highest BCUT2D eigenvalue weighted by Gasteiger charge is 2.45. The van der Waals surface area contributed by atoms with Crippen molar-refractivity contribution >= 4 is 0 Å². The smallest absolute Gasteiger partial charge is 0.124 e. The molecule has 1 aromatic rings. The zero-order valence-corrected chi connectivity index (χ0v) is 10.4. The van der Waals surface area contributed by atoms with Gasteiger partial charge in [0.25, 0.3) is 0 Å². The maximum atomic E-state index is 5.70. The van der Waals surface area contributed by atoms with Crippen LogP contribution in [0.3, 0.4) is 0 Å². The molecule has 1 fully saturated rings. The van der Waals surface area contributed by atoms with Gasteiger partial charge in [0.1, 0.15) is 5.75 Å².